The maximum atomic E-state index is 11.6. The molecule has 1 amide bonds. The molecule has 1 fully saturated rings. The second kappa shape index (κ2) is 9.89. The Balaban J connectivity index is 1.35. The Morgan fingerprint density at radius 3 is 3.00 bits per heavy atom. The van der Waals surface area contributed by atoms with Crippen molar-refractivity contribution < 1.29 is 19.0 Å². The first-order valence-electron chi connectivity index (χ1n) is 9.58. The molecule has 0 unspecified atom stereocenters. The second-order valence-electron chi connectivity index (χ2n) is 6.39. The fourth-order valence-electron chi connectivity index (χ4n) is 3.04. The van der Waals surface area contributed by atoms with Crippen LogP contribution in [-0.2, 0) is 4.79 Å². The summed E-state index contributed by atoms with van der Waals surface area (Å²) in [6, 6.07) is 5.55. The standard InChI is InChI=1S/C19H28N4O4/c1-2-20-19(21-8-4-11-23-10-3-5-18(23)24)22-9-12-25-15-6-7-16-17(13-15)27-14-26-16/h6-7,13H,2-5,8-12,14H2,1H3,(H2,20,21,22). The molecular formula is C19H28N4O4. The predicted octanol–water partition coefficient (Wildman–Crippen LogP) is 1.36. The molecule has 3 rings (SSSR count). The number of amides is 1. The zero-order valence-electron chi connectivity index (χ0n) is 15.8. The maximum Gasteiger partial charge on any atom is 0.231 e. The number of benzene rings is 1. The SMILES string of the molecule is CCNC(=NCCCN1CCCC1=O)NCCOc1ccc2c(c1)OCO2. The van der Waals surface area contributed by atoms with E-state index in [4.69, 9.17) is 14.2 Å². The van der Waals surface area contributed by atoms with E-state index in [0.29, 0.717) is 31.9 Å². The number of nitrogens with one attached hydrogen (secondary N) is 2. The quantitative estimate of drug-likeness (QED) is 0.385. The summed E-state index contributed by atoms with van der Waals surface area (Å²) in [5, 5.41) is 6.48. The van der Waals surface area contributed by atoms with Gasteiger partial charge in [0.1, 0.15) is 12.4 Å². The largest absolute Gasteiger partial charge is 0.492 e. The van der Waals surface area contributed by atoms with Crippen molar-refractivity contribution in [2.45, 2.75) is 26.2 Å². The lowest BCUT2D eigenvalue weighted by molar-refractivity contribution is -0.127. The normalized spacial score (nSPS) is 16.0. The van der Waals surface area contributed by atoms with E-state index in [9.17, 15) is 4.79 Å². The molecule has 2 aliphatic rings. The van der Waals surface area contributed by atoms with E-state index >= 15 is 0 Å². The van der Waals surface area contributed by atoms with Gasteiger partial charge in [-0.25, -0.2) is 0 Å². The molecular weight excluding hydrogens is 348 g/mol. The molecule has 2 aliphatic heterocycles. The average Bonchev–Trinajstić information content (AvgIpc) is 3.30. The Morgan fingerprint density at radius 2 is 2.19 bits per heavy atom. The minimum absolute atomic E-state index is 0.259. The van der Waals surface area contributed by atoms with Gasteiger partial charge in [-0.2, -0.15) is 0 Å². The van der Waals surface area contributed by atoms with Crippen molar-refractivity contribution >= 4 is 11.9 Å². The second-order valence-corrected chi connectivity index (χ2v) is 6.39. The Labute approximate surface area is 159 Å². The van der Waals surface area contributed by atoms with Crippen LogP contribution in [0.1, 0.15) is 26.2 Å². The highest BCUT2D eigenvalue weighted by Gasteiger charge is 2.18. The van der Waals surface area contributed by atoms with E-state index in [1.54, 1.807) is 0 Å². The van der Waals surface area contributed by atoms with Gasteiger partial charge in [0.15, 0.2) is 17.5 Å². The molecule has 1 aromatic carbocycles. The molecule has 1 aromatic rings. The van der Waals surface area contributed by atoms with Crippen LogP contribution >= 0.6 is 0 Å². The molecule has 2 heterocycles. The van der Waals surface area contributed by atoms with E-state index < -0.39 is 0 Å². The Hall–Kier alpha value is -2.64. The van der Waals surface area contributed by atoms with Gasteiger partial charge in [-0.15, -0.1) is 0 Å². The number of nitrogens with zero attached hydrogens (tertiary/aromatic N) is 2. The zero-order chi connectivity index (χ0) is 18.9. The van der Waals surface area contributed by atoms with Crippen molar-refractivity contribution in [1.82, 2.24) is 15.5 Å². The van der Waals surface area contributed by atoms with Gasteiger partial charge in [0, 0.05) is 38.7 Å². The van der Waals surface area contributed by atoms with Gasteiger partial charge in [0.2, 0.25) is 12.7 Å². The molecule has 8 nitrogen and oxygen atoms in total. The first kappa shape index (κ1) is 19.1. The van der Waals surface area contributed by atoms with Gasteiger partial charge in [-0.05, 0) is 31.9 Å². The van der Waals surface area contributed by atoms with E-state index in [0.717, 1.165) is 49.9 Å². The van der Waals surface area contributed by atoms with E-state index in [1.807, 2.05) is 30.0 Å². The van der Waals surface area contributed by atoms with Crippen molar-refractivity contribution in [1.29, 1.82) is 0 Å². The van der Waals surface area contributed by atoms with Crippen LogP contribution in [0.4, 0.5) is 0 Å². The minimum Gasteiger partial charge on any atom is -0.492 e. The van der Waals surface area contributed by atoms with Crippen LogP contribution in [0.15, 0.2) is 23.2 Å². The van der Waals surface area contributed by atoms with Crippen molar-refractivity contribution in [2.75, 3.05) is 46.1 Å². The fraction of sp³-hybridized carbons (Fsp3) is 0.579. The number of rotatable bonds is 9. The van der Waals surface area contributed by atoms with Crippen LogP contribution < -0.4 is 24.8 Å². The Kier molecular flexibility index (Phi) is 7.01. The van der Waals surface area contributed by atoms with Gasteiger partial charge >= 0.3 is 0 Å². The van der Waals surface area contributed by atoms with Crippen LogP contribution in [0.25, 0.3) is 0 Å². The first-order chi connectivity index (χ1) is 13.3. The van der Waals surface area contributed by atoms with Crippen molar-refractivity contribution in [3.63, 3.8) is 0 Å². The number of hydrogen-bond donors (Lipinski definition) is 2. The summed E-state index contributed by atoms with van der Waals surface area (Å²) in [5.41, 5.74) is 0. The van der Waals surface area contributed by atoms with Crippen molar-refractivity contribution in [3.05, 3.63) is 18.2 Å². The highest BCUT2D eigenvalue weighted by atomic mass is 16.7. The summed E-state index contributed by atoms with van der Waals surface area (Å²) in [5.74, 6) is 3.24. The third kappa shape index (κ3) is 5.67. The number of fused-ring (bicyclic) bond motifs is 1. The van der Waals surface area contributed by atoms with E-state index in [-0.39, 0.29) is 12.7 Å². The van der Waals surface area contributed by atoms with Crippen LogP contribution in [-0.4, -0.2) is 62.9 Å². The van der Waals surface area contributed by atoms with Gasteiger partial charge in [-0.3, -0.25) is 9.79 Å². The average molecular weight is 376 g/mol. The summed E-state index contributed by atoms with van der Waals surface area (Å²) >= 11 is 0. The minimum atomic E-state index is 0.259. The lowest BCUT2D eigenvalue weighted by atomic mass is 10.3. The monoisotopic (exact) mass is 376 g/mol. The van der Waals surface area contributed by atoms with Crippen LogP contribution in [0, 0.1) is 0 Å². The molecule has 27 heavy (non-hydrogen) atoms. The summed E-state index contributed by atoms with van der Waals surface area (Å²) in [6.45, 7) is 6.57. The van der Waals surface area contributed by atoms with E-state index in [2.05, 4.69) is 15.6 Å². The first-order valence-corrected chi connectivity index (χ1v) is 9.58. The van der Waals surface area contributed by atoms with Crippen LogP contribution in [0.3, 0.4) is 0 Å². The third-order valence-corrected chi connectivity index (χ3v) is 4.38. The summed E-state index contributed by atoms with van der Waals surface area (Å²) in [7, 11) is 0. The highest BCUT2D eigenvalue weighted by molar-refractivity contribution is 5.79. The topological polar surface area (TPSA) is 84.4 Å². The Bertz CT molecular complexity index is 665. The molecule has 1 saturated heterocycles. The summed E-state index contributed by atoms with van der Waals surface area (Å²) in [6.07, 6.45) is 2.54. The summed E-state index contributed by atoms with van der Waals surface area (Å²) in [4.78, 5) is 18.1. The highest BCUT2D eigenvalue weighted by Crippen LogP contribution is 2.34. The number of hydrogen-bond acceptors (Lipinski definition) is 5. The van der Waals surface area contributed by atoms with Gasteiger partial charge in [0.05, 0.1) is 6.54 Å². The molecule has 0 spiro atoms. The molecule has 8 heteroatoms. The smallest absolute Gasteiger partial charge is 0.231 e. The fourth-order valence-corrected chi connectivity index (χ4v) is 3.04. The van der Waals surface area contributed by atoms with Crippen molar-refractivity contribution in [3.8, 4) is 17.2 Å². The number of guanidine groups is 1. The van der Waals surface area contributed by atoms with Gasteiger partial charge < -0.3 is 29.7 Å². The number of likely N-dealkylation sites (tertiary alicyclic amines) is 1. The number of ether oxygens (including phenoxy) is 3. The molecule has 0 saturated carbocycles. The number of carbonyl (C=O) groups excluding carboxylic acids is 1. The lowest BCUT2D eigenvalue weighted by Gasteiger charge is -2.15. The molecule has 0 aromatic heterocycles. The number of aliphatic imine (C=N–C) groups is 1. The number of carbonyl (C=O) groups is 1. The van der Waals surface area contributed by atoms with Gasteiger partial charge in [-0.1, -0.05) is 0 Å². The Morgan fingerprint density at radius 1 is 1.30 bits per heavy atom. The molecule has 0 bridgehead atoms. The van der Waals surface area contributed by atoms with Gasteiger partial charge in [0.25, 0.3) is 0 Å². The molecule has 0 atom stereocenters. The molecule has 0 aliphatic carbocycles. The van der Waals surface area contributed by atoms with E-state index in [1.165, 1.54) is 0 Å². The maximum absolute atomic E-state index is 11.6. The van der Waals surface area contributed by atoms with Crippen molar-refractivity contribution in [2.24, 2.45) is 4.99 Å². The lowest BCUT2D eigenvalue weighted by Crippen LogP contribution is -2.39. The predicted molar refractivity (Wildman–Crippen MR) is 102 cm³/mol. The molecule has 2 N–H and O–H groups in total. The van der Waals surface area contributed by atoms with Crippen LogP contribution in [0.2, 0.25) is 0 Å². The summed E-state index contributed by atoms with van der Waals surface area (Å²) < 4.78 is 16.4. The molecule has 0 radical (unpaired) electrons. The van der Waals surface area contributed by atoms with Crippen LogP contribution in [0.5, 0.6) is 17.2 Å². The zero-order valence-corrected chi connectivity index (χ0v) is 15.8. The molecule has 148 valence electrons. The third-order valence-electron chi connectivity index (χ3n) is 4.38.